The van der Waals surface area contributed by atoms with Gasteiger partial charge in [0, 0.05) is 39.3 Å². The van der Waals surface area contributed by atoms with Crippen molar-refractivity contribution >= 4 is 37.1 Å². The standard InChI is InChI=1S/C21H17N5O2.2C3H7NO.3NO3.Nd/c27-20(16-8-3-1-4-9-16)25-22-14-18-12-7-13-19(24-18)15-23-26-21(28)17-10-5-2-6-11-17;2*1-4(2)3-5;3*2-1(3)4;/h1-15H,(H,25,27)(H,26,28);2*3H,1-2H3;;;;/q;;;3*-1;+3/b22-14+,23-15+;;;;;;. The molecule has 51 heavy (non-hydrogen) atoms. The molecule has 23 nitrogen and oxygen atoms in total. The van der Waals surface area contributed by atoms with Crippen LogP contribution in [0.3, 0.4) is 0 Å². The van der Waals surface area contributed by atoms with Gasteiger partial charge >= 0.3 is 40.8 Å². The van der Waals surface area contributed by atoms with Gasteiger partial charge in [0.1, 0.15) is 0 Å². The van der Waals surface area contributed by atoms with Gasteiger partial charge in [-0.05, 0) is 36.4 Å². The van der Waals surface area contributed by atoms with Crippen molar-refractivity contribution in [3.8, 4) is 0 Å². The molecule has 1 radical (unpaired) electrons. The molecule has 1 heterocycles. The third-order valence-corrected chi connectivity index (χ3v) is 4.01. The van der Waals surface area contributed by atoms with Crippen LogP contribution in [-0.2, 0) is 9.59 Å². The minimum atomic E-state index is -1.75. The second-order valence-corrected chi connectivity index (χ2v) is 8.43. The monoisotopic (exact) mass is 845 g/mol. The average molecular weight is 848 g/mol. The van der Waals surface area contributed by atoms with E-state index < -0.39 is 15.3 Å². The normalized spacial score (nSPS) is 8.71. The molecule has 3 aromatic rings. The summed E-state index contributed by atoms with van der Waals surface area (Å²) in [5, 5.41) is 52.1. The van der Waals surface area contributed by atoms with E-state index in [0.29, 0.717) is 22.5 Å². The van der Waals surface area contributed by atoms with Gasteiger partial charge in [-0.15, -0.1) is 0 Å². The van der Waals surface area contributed by atoms with Crippen LogP contribution in [0.5, 0.6) is 0 Å². The maximum atomic E-state index is 11.9. The zero-order valence-corrected chi connectivity index (χ0v) is 30.4. The Kier molecular flexibility index (Phi) is 34.0. The van der Waals surface area contributed by atoms with Crippen molar-refractivity contribution in [1.82, 2.24) is 25.6 Å². The topological polar surface area (TPSA) is 335 Å². The Bertz CT molecular complexity index is 1380. The van der Waals surface area contributed by atoms with Crippen molar-refractivity contribution in [2.24, 2.45) is 10.2 Å². The number of benzene rings is 2. The van der Waals surface area contributed by atoms with E-state index in [1.807, 2.05) is 12.1 Å². The van der Waals surface area contributed by atoms with E-state index in [-0.39, 0.29) is 52.7 Å². The SMILES string of the molecule is CN(C)C=O.CN(C)C=O.O=C(N/N=C/c1cccc(/C=N/NC(=O)c2ccccc2)n1)c1ccccc1.O=[N+]([O-])[O-].O=[N+]([O-])[O-].O=[N+]([O-])[O-].[Nd+3]. The minimum absolute atomic E-state index is 0. The van der Waals surface area contributed by atoms with Gasteiger partial charge in [-0.25, -0.2) is 15.8 Å². The Balaban J connectivity index is -0.000000392. The number of carbonyl (C=O) groups excluding carboxylic acids is 4. The summed E-state index contributed by atoms with van der Waals surface area (Å²) in [4.78, 5) is 74.6. The van der Waals surface area contributed by atoms with Gasteiger partial charge in [-0.1, -0.05) is 42.5 Å². The zero-order valence-electron chi connectivity index (χ0n) is 27.2. The molecule has 24 heteroatoms. The van der Waals surface area contributed by atoms with Gasteiger partial charge in [0.15, 0.2) is 0 Å². The third-order valence-electron chi connectivity index (χ3n) is 4.01. The molecule has 0 aliphatic rings. The van der Waals surface area contributed by atoms with Gasteiger partial charge in [0.05, 0.1) is 39.1 Å². The van der Waals surface area contributed by atoms with E-state index in [2.05, 4.69) is 26.0 Å². The third kappa shape index (κ3) is 39.9. The molecule has 0 spiro atoms. The van der Waals surface area contributed by atoms with Crippen LogP contribution in [-0.4, -0.2) is 95.3 Å². The van der Waals surface area contributed by atoms with E-state index in [1.165, 1.54) is 22.2 Å². The summed E-state index contributed by atoms with van der Waals surface area (Å²) >= 11 is 0. The number of rotatable bonds is 8. The molecule has 0 bridgehead atoms. The number of nitrogens with one attached hydrogen (secondary N) is 2. The number of hydrazone groups is 2. The number of hydrogen-bond acceptors (Lipinski definition) is 16. The van der Waals surface area contributed by atoms with Crippen molar-refractivity contribution in [2.45, 2.75) is 0 Å². The molecule has 0 aliphatic heterocycles. The van der Waals surface area contributed by atoms with Crippen LogP contribution >= 0.6 is 0 Å². The van der Waals surface area contributed by atoms with Crippen molar-refractivity contribution in [3.05, 3.63) is 147 Å². The fourth-order valence-electron chi connectivity index (χ4n) is 2.23. The molecule has 1 aromatic heterocycles. The molecule has 271 valence electrons. The molecule has 0 saturated carbocycles. The van der Waals surface area contributed by atoms with Crippen LogP contribution in [0.4, 0.5) is 0 Å². The Morgan fingerprint density at radius 3 is 1.08 bits per heavy atom. The molecule has 4 amide bonds. The summed E-state index contributed by atoms with van der Waals surface area (Å²) in [7, 11) is 6.75. The Hall–Kier alpha value is -6.24. The average Bonchev–Trinajstić information content (AvgIpc) is 3.05. The van der Waals surface area contributed by atoms with Gasteiger partial charge in [0.25, 0.3) is 11.8 Å². The largest absolute Gasteiger partial charge is 3.00 e. The van der Waals surface area contributed by atoms with Gasteiger partial charge < -0.3 is 55.8 Å². The number of hydrogen-bond donors (Lipinski definition) is 2. The first kappa shape index (κ1) is 51.6. The molecular formula is C27H31N10NdO13. The van der Waals surface area contributed by atoms with Gasteiger partial charge in [-0.3, -0.25) is 19.2 Å². The molecule has 0 atom stereocenters. The van der Waals surface area contributed by atoms with E-state index in [0.717, 1.165) is 12.8 Å². The van der Waals surface area contributed by atoms with E-state index in [9.17, 15) is 19.2 Å². The Morgan fingerprint density at radius 1 is 0.588 bits per heavy atom. The summed E-state index contributed by atoms with van der Waals surface area (Å²) in [6.07, 6.45) is 4.36. The maximum Gasteiger partial charge on any atom is 3.00 e. The fraction of sp³-hybridized carbons (Fsp3) is 0.148. The zero-order chi connectivity index (χ0) is 38.9. The van der Waals surface area contributed by atoms with E-state index in [4.69, 9.17) is 46.0 Å². The first-order chi connectivity index (χ1) is 23.5. The molecule has 0 saturated heterocycles. The number of amides is 4. The van der Waals surface area contributed by atoms with Crippen LogP contribution in [0.1, 0.15) is 32.1 Å². The van der Waals surface area contributed by atoms with Gasteiger partial charge in [0.2, 0.25) is 12.8 Å². The van der Waals surface area contributed by atoms with Crippen LogP contribution in [0.2, 0.25) is 0 Å². The van der Waals surface area contributed by atoms with Crippen LogP contribution in [0.25, 0.3) is 0 Å². The van der Waals surface area contributed by atoms with Crippen molar-refractivity contribution < 1.29 is 75.3 Å². The first-order valence-corrected chi connectivity index (χ1v) is 12.9. The minimum Gasteiger partial charge on any atom is -0.356 e. The molecule has 0 fully saturated rings. The molecule has 0 aliphatic carbocycles. The molecule has 3 rings (SSSR count). The quantitative estimate of drug-likeness (QED) is 0.140. The molecular weight excluding hydrogens is 817 g/mol. The fourth-order valence-corrected chi connectivity index (χ4v) is 2.23. The smallest absolute Gasteiger partial charge is 0.356 e. The van der Waals surface area contributed by atoms with Crippen molar-refractivity contribution in [1.29, 1.82) is 0 Å². The molecule has 2 aromatic carbocycles. The van der Waals surface area contributed by atoms with Crippen LogP contribution in [0.15, 0.2) is 89.1 Å². The number of carbonyl (C=O) groups is 4. The number of pyridine rings is 1. The van der Waals surface area contributed by atoms with Crippen LogP contribution < -0.4 is 10.9 Å². The molecule has 2 N–H and O–H groups in total. The maximum absolute atomic E-state index is 11.9. The Morgan fingerprint density at radius 2 is 0.843 bits per heavy atom. The molecule has 0 unspecified atom stereocenters. The first-order valence-electron chi connectivity index (χ1n) is 12.9. The predicted molar refractivity (Wildman–Crippen MR) is 178 cm³/mol. The van der Waals surface area contributed by atoms with Crippen LogP contribution in [0, 0.1) is 86.8 Å². The van der Waals surface area contributed by atoms with E-state index in [1.54, 1.807) is 94.9 Å². The van der Waals surface area contributed by atoms with E-state index >= 15 is 0 Å². The number of aromatic nitrogens is 1. The Labute approximate surface area is 322 Å². The summed E-state index contributed by atoms with van der Waals surface area (Å²) in [6, 6.07) is 22.8. The summed E-state index contributed by atoms with van der Waals surface area (Å²) < 4.78 is 0. The summed E-state index contributed by atoms with van der Waals surface area (Å²) in [5.74, 6) is -0.614. The van der Waals surface area contributed by atoms with Crippen molar-refractivity contribution in [3.63, 3.8) is 0 Å². The predicted octanol–water partition coefficient (Wildman–Crippen LogP) is 1.30. The van der Waals surface area contributed by atoms with Gasteiger partial charge in [-0.2, -0.15) is 10.2 Å². The second kappa shape index (κ2) is 33.7. The number of nitrogens with zero attached hydrogens (tertiary/aromatic N) is 8. The van der Waals surface area contributed by atoms with Crippen molar-refractivity contribution in [2.75, 3.05) is 28.2 Å². The summed E-state index contributed by atoms with van der Waals surface area (Å²) in [5.41, 5.74) is 6.99. The summed E-state index contributed by atoms with van der Waals surface area (Å²) in [6.45, 7) is 0. The second-order valence-electron chi connectivity index (χ2n) is 8.43.